The van der Waals surface area contributed by atoms with E-state index in [0.717, 1.165) is 12.3 Å². The van der Waals surface area contributed by atoms with Crippen molar-refractivity contribution < 1.29 is 26.6 Å². The summed E-state index contributed by atoms with van der Waals surface area (Å²) < 4.78 is 64.3. The highest BCUT2D eigenvalue weighted by molar-refractivity contribution is 7.91. The van der Waals surface area contributed by atoms with E-state index in [-0.39, 0.29) is 13.1 Å². The van der Waals surface area contributed by atoms with Crippen molar-refractivity contribution >= 4 is 27.2 Å². The number of pyridine rings is 1. The number of nitrogens with one attached hydrogen (secondary N) is 1. The van der Waals surface area contributed by atoms with Crippen molar-refractivity contribution in [2.75, 3.05) is 31.1 Å². The Morgan fingerprint density at radius 1 is 1.08 bits per heavy atom. The lowest BCUT2D eigenvalue weighted by molar-refractivity contribution is -0.367. The molecule has 5 nitrogen and oxygen atoms in total. The predicted molar refractivity (Wildman–Crippen MR) is 83.3 cm³/mol. The molecule has 1 saturated heterocycles. The molecule has 24 heavy (non-hydrogen) atoms. The molecule has 3 heterocycles. The van der Waals surface area contributed by atoms with Crippen molar-refractivity contribution in [3.63, 3.8) is 0 Å². The van der Waals surface area contributed by atoms with Crippen LogP contribution in [0.5, 0.6) is 0 Å². The van der Waals surface area contributed by atoms with Gasteiger partial charge in [0.25, 0.3) is 15.8 Å². The molecule has 1 N–H and O–H groups in total. The van der Waals surface area contributed by atoms with Gasteiger partial charge in [0.2, 0.25) is 0 Å². The lowest BCUT2D eigenvalue weighted by Crippen LogP contribution is -2.49. The first-order valence-electron chi connectivity index (χ1n) is 7.16. The molecule has 0 saturated carbocycles. The van der Waals surface area contributed by atoms with E-state index in [0.29, 0.717) is 23.1 Å². The molecule has 0 radical (unpaired) electrons. The summed E-state index contributed by atoms with van der Waals surface area (Å²) in [7, 11) is -3.48. The number of nitrogens with zero attached hydrogens (tertiary/aromatic N) is 2. The lowest BCUT2D eigenvalue weighted by atomic mass is 10.2. The Hall–Kier alpha value is -1.65. The van der Waals surface area contributed by atoms with Gasteiger partial charge in [0, 0.05) is 6.07 Å². The highest BCUT2D eigenvalue weighted by atomic mass is 32.2. The van der Waals surface area contributed by atoms with Crippen LogP contribution in [0.4, 0.5) is 19.0 Å². The van der Waals surface area contributed by atoms with Gasteiger partial charge in [-0.2, -0.15) is 17.5 Å². The van der Waals surface area contributed by atoms with Gasteiger partial charge in [0.05, 0.1) is 31.7 Å². The molecule has 2 aromatic rings. The molecule has 0 aliphatic carbocycles. The number of H-pyrrole nitrogens is 1. The summed E-state index contributed by atoms with van der Waals surface area (Å²) in [6, 6.07) is 5.63. The Morgan fingerprint density at radius 2 is 1.79 bits per heavy atom. The van der Waals surface area contributed by atoms with Gasteiger partial charge in [-0.25, -0.2) is 13.4 Å². The molecular formula is C14H15F3N3O2S2+. The van der Waals surface area contributed by atoms with Gasteiger partial charge in [0.15, 0.2) is 0 Å². The maximum absolute atomic E-state index is 12.6. The smallest absolute Gasteiger partial charge is 0.259 e. The van der Waals surface area contributed by atoms with Crippen LogP contribution in [0.2, 0.25) is 0 Å². The first kappa shape index (κ1) is 17.2. The largest absolute Gasteiger partial charge is 0.419 e. The van der Waals surface area contributed by atoms with E-state index in [1.54, 1.807) is 17.5 Å². The molecule has 2 aromatic heterocycles. The average molecular weight is 378 g/mol. The standard InChI is InChI=1S/C14H14F3N3O2S2/c15-14(16,17)11-3-4-12(18-10-11)19-5-7-20(8-6-19)24(21,22)13-2-1-9-23-13/h1-4,9-10H,5-8H2/p+1. The summed E-state index contributed by atoms with van der Waals surface area (Å²) in [5.41, 5.74) is -0.745. The number of rotatable bonds is 3. The Balaban J connectivity index is 1.67. The second kappa shape index (κ2) is 6.34. The number of hydrogen-bond acceptors (Lipinski definition) is 4. The first-order valence-corrected chi connectivity index (χ1v) is 9.48. The van der Waals surface area contributed by atoms with Crippen LogP contribution >= 0.6 is 11.3 Å². The number of anilines is 1. The van der Waals surface area contributed by atoms with Crippen LogP contribution in [0, 0.1) is 0 Å². The van der Waals surface area contributed by atoms with E-state index in [4.69, 9.17) is 0 Å². The number of piperazine rings is 1. The highest BCUT2D eigenvalue weighted by Crippen LogP contribution is 2.28. The number of alkyl halides is 3. The van der Waals surface area contributed by atoms with Crippen LogP contribution in [0.15, 0.2) is 40.1 Å². The van der Waals surface area contributed by atoms with Crippen LogP contribution < -0.4 is 9.88 Å². The lowest BCUT2D eigenvalue weighted by Gasteiger charge is -2.29. The third kappa shape index (κ3) is 3.40. The van der Waals surface area contributed by atoms with Gasteiger partial charge in [-0.3, -0.25) is 4.90 Å². The number of sulfonamides is 1. The summed E-state index contributed by atoms with van der Waals surface area (Å²) in [6.45, 7) is 1.39. The highest BCUT2D eigenvalue weighted by Gasteiger charge is 2.34. The summed E-state index contributed by atoms with van der Waals surface area (Å²) in [5.74, 6) is 0.538. The number of hydrogen-bond donors (Lipinski definition) is 0. The Labute approximate surface area is 141 Å². The molecule has 0 spiro atoms. The zero-order chi connectivity index (χ0) is 17.4. The van der Waals surface area contributed by atoms with Crippen LogP contribution in [0.25, 0.3) is 0 Å². The van der Waals surface area contributed by atoms with Gasteiger partial charge in [-0.15, -0.1) is 11.3 Å². The maximum Gasteiger partial charge on any atom is 0.419 e. The molecule has 10 heteroatoms. The number of aromatic nitrogens is 1. The summed E-state index contributed by atoms with van der Waals surface area (Å²) in [4.78, 5) is 4.47. The zero-order valence-corrected chi connectivity index (χ0v) is 14.1. The molecule has 1 aliphatic rings. The Morgan fingerprint density at radius 3 is 2.29 bits per heavy atom. The van der Waals surface area contributed by atoms with Crippen molar-refractivity contribution in [3.05, 3.63) is 41.4 Å². The van der Waals surface area contributed by atoms with E-state index < -0.39 is 21.8 Å². The average Bonchev–Trinajstić information content (AvgIpc) is 3.10. The van der Waals surface area contributed by atoms with Crippen molar-refractivity contribution in [1.82, 2.24) is 4.31 Å². The monoisotopic (exact) mass is 378 g/mol. The zero-order valence-electron chi connectivity index (χ0n) is 12.5. The first-order chi connectivity index (χ1) is 11.3. The van der Waals surface area contributed by atoms with E-state index in [2.05, 4.69) is 4.98 Å². The molecule has 130 valence electrons. The summed E-state index contributed by atoms with van der Waals surface area (Å²) >= 11 is 1.17. The molecule has 1 fully saturated rings. The van der Waals surface area contributed by atoms with Crippen molar-refractivity contribution in [2.45, 2.75) is 10.4 Å². The minimum absolute atomic E-state index is 0.287. The second-order valence-electron chi connectivity index (χ2n) is 5.28. The molecule has 0 bridgehead atoms. The van der Waals surface area contributed by atoms with Crippen LogP contribution in [0.3, 0.4) is 0 Å². The van der Waals surface area contributed by atoms with E-state index in [1.807, 2.05) is 4.90 Å². The topological polar surface area (TPSA) is 54.8 Å². The molecule has 0 amide bonds. The molecule has 0 atom stereocenters. The van der Waals surface area contributed by atoms with E-state index >= 15 is 0 Å². The normalized spacial score (nSPS) is 17.2. The molecule has 0 unspecified atom stereocenters. The van der Waals surface area contributed by atoms with Crippen molar-refractivity contribution in [1.29, 1.82) is 0 Å². The molecule has 3 rings (SSSR count). The van der Waals surface area contributed by atoms with Gasteiger partial charge >= 0.3 is 6.18 Å². The number of aromatic amines is 1. The fourth-order valence-electron chi connectivity index (χ4n) is 2.50. The third-order valence-electron chi connectivity index (χ3n) is 3.79. The van der Waals surface area contributed by atoms with Crippen LogP contribution in [-0.4, -0.2) is 38.9 Å². The van der Waals surface area contributed by atoms with E-state index in [1.165, 1.54) is 21.7 Å². The van der Waals surface area contributed by atoms with Gasteiger partial charge in [-0.05, 0) is 17.5 Å². The van der Waals surface area contributed by atoms with Crippen molar-refractivity contribution in [2.24, 2.45) is 0 Å². The molecule has 0 aromatic carbocycles. The Kier molecular flexibility index (Phi) is 4.54. The van der Waals surface area contributed by atoms with Crippen LogP contribution in [0.1, 0.15) is 5.56 Å². The second-order valence-corrected chi connectivity index (χ2v) is 8.40. The minimum Gasteiger partial charge on any atom is -0.259 e. The summed E-state index contributed by atoms with van der Waals surface area (Å²) in [6.07, 6.45) is -3.47. The maximum atomic E-state index is 12.6. The third-order valence-corrected chi connectivity index (χ3v) is 7.06. The number of thiophene rings is 1. The van der Waals surface area contributed by atoms with Gasteiger partial charge in [-0.1, -0.05) is 6.07 Å². The SMILES string of the molecule is O=S(=O)(c1cccs1)N1CCN(c2ccc(C(F)(F)F)c[nH+]2)CC1. The van der Waals surface area contributed by atoms with Gasteiger partial charge < -0.3 is 0 Å². The minimum atomic E-state index is -4.39. The van der Waals surface area contributed by atoms with Crippen LogP contribution in [-0.2, 0) is 16.2 Å². The summed E-state index contributed by atoms with van der Waals surface area (Å²) in [5, 5.41) is 1.71. The van der Waals surface area contributed by atoms with Gasteiger partial charge in [0.1, 0.15) is 10.4 Å². The quantitative estimate of drug-likeness (QED) is 0.822. The predicted octanol–water partition coefficient (Wildman–Crippen LogP) is 2.09. The fraction of sp³-hybridized carbons (Fsp3) is 0.357. The van der Waals surface area contributed by atoms with Crippen molar-refractivity contribution in [3.8, 4) is 0 Å². The Bertz CT molecular complexity index is 782. The molecule has 1 aliphatic heterocycles. The molecular weight excluding hydrogens is 363 g/mol. The van der Waals surface area contributed by atoms with E-state index in [9.17, 15) is 21.6 Å². The fourth-order valence-corrected chi connectivity index (χ4v) is 5.06. The number of halogens is 3.